The quantitative estimate of drug-likeness (QED) is 0.205. The molecule has 0 saturated heterocycles. The molecule has 6 aromatic carbocycles. The smallest absolute Gasteiger partial charge is 0.00114 e. The Labute approximate surface area is 145 Å². The molecule has 0 heteroatoms. The van der Waals surface area contributed by atoms with Crippen LogP contribution in [0.3, 0.4) is 0 Å². The molecule has 0 nitrogen and oxygen atoms in total. The van der Waals surface area contributed by atoms with Gasteiger partial charge in [0, 0.05) is 0 Å². The number of hydrogen-bond acceptors (Lipinski definition) is 0. The third-order valence-corrected chi connectivity index (χ3v) is 5.68. The predicted octanol–water partition coefficient (Wildman–Crippen LogP) is 7.20. The van der Waals surface area contributed by atoms with Crippen molar-refractivity contribution in [2.45, 2.75) is 6.92 Å². The summed E-state index contributed by atoms with van der Waals surface area (Å²) in [6, 6.07) is 29.1. The van der Waals surface area contributed by atoms with Gasteiger partial charge in [-0.05, 0) is 72.4 Å². The van der Waals surface area contributed by atoms with Crippen molar-refractivity contribution in [3.05, 3.63) is 84.4 Å². The third kappa shape index (κ3) is 1.57. The SMILES string of the molecule is Cc1cccc2c3cccc4ccc5cc6ccccc6c(c12)c5c43. The van der Waals surface area contributed by atoms with E-state index >= 15 is 0 Å². The Morgan fingerprint density at radius 3 is 2.04 bits per heavy atom. The predicted molar refractivity (Wildman–Crippen MR) is 110 cm³/mol. The molecule has 0 spiro atoms. The highest BCUT2D eigenvalue weighted by Gasteiger charge is 2.16. The van der Waals surface area contributed by atoms with Crippen LogP contribution in [-0.2, 0) is 0 Å². The number of hydrogen-bond donors (Lipinski definition) is 0. The van der Waals surface area contributed by atoms with Crippen LogP contribution in [-0.4, -0.2) is 0 Å². The minimum atomic E-state index is 1.32. The van der Waals surface area contributed by atoms with E-state index in [0.29, 0.717) is 0 Å². The first-order valence-corrected chi connectivity index (χ1v) is 8.80. The van der Waals surface area contributed by atoms with Crippen molar-refractivity contribution in [1.29, 1.82) is 0 Å². The van der Waals surface area contributed by atoms with E-state index in [1.165, 1.54) is 59.4 Å². The molecule has 0 radical (unpaired) electrons. The van der Waals surface area contributed by atoms with E-state index in [1.54, 1.807) is 0 Å². The van der Waals surface area contributed by atoms with Gasteiger partial charge in [0.15, 0.2) is 0 Å². The van der Waals surface area contributed by atoms with Crippen LogP contribution < -0.4 is 0 Å². The fourth-order valence-corrected chi connectivity index (χ4v) is 4.65. The molecule has 6 aromatic rings. The van der Waals surface area contributed by atoms with E-state index in [2.05, 4.69) is 85.8 Å². The Bertz CT molecular complexity index is 1440. The van der Waals surface area contributed by atoms with Crippen LogP contribution >= 0.6 is 0 Å². The molecule has 0 aliphatic rings. The first kappa shape index (κ1) is 13.2. The molecule has 0 amide bonds. The van der Waals surface area contributed by atoms with Crippen LogP contribution in [0.4, 0.5) is 0 Å². The van der Waals surface area contributed by atoms with Crippen molar-refractivity contribution in [2.75, 3.05) is 0 Å². The van der Waals surface area contributed by atoms with Crippen LogP contribution in [0.1, 0.15) is 5.56 Å². The minimum absolute atomic E-state index is 1.32. The fourth-order valence-electron chi connectivity index (χ4n) is 4.65. The Balaban J connectivity index is 2.16. The Morgan fingerprint density at radius 1 is 0.440 bits per heavy atom. The standard InChI is InChI=1S/C25H16/c1-15-6-4-10-20-21-11-5-8-16-12-13-18-14-17-7-2-3-9-19(17)25(22(15)20)24(18)23(16)21/h2-14H,1H3. The first-order chi connectivity index (χ1) is 12.3. The zero-order valence-corrected chi connectivity index (χ0v) is 14.0. The summed E-state index contributed by atoms with van der Waals surface area (Å²) < 4.78 is 0. The summed E-state index contributed by atoms with van der Waals surface area (Å²) in [5, 5.41) is 13.7. The van der Waals surface area contributed by atoms with Crippen molar-refractivity contribution in [2.24, 2.45) is 0 Å². The average molecular weight is 316 g/mol. The van der Waals surface area contributed by atoms with E-state index in [-0.39, 0.29) is 0 Å². The van der Waals surface area contributed by atoms with Gasteiger partial charge in [-0.25, -0.2) is 0 Å². The van der Waals surface area contributed by atoms with Gasteiger partial charge in [0.1, 0.15) is 0 Å². The van der Waals surface area contributed by atoms with Gasteiger partial charge in [-0.15, -0.1) is 0 Å². The van der Waals surface area contributed by atoms with Crippen molar-refractivity contribution in [3.8, 4) is 0 Å². The van der Waals surface area contributed by atoms with E-state index in [4.69, 9.17) is 0 Å². The molecule has 0 aliphatic carbocycles. The third-order valence-electron chi connectivity index (χ3n) is 5.68. The van der Waals surface area contributed by atoms with Crippen molar-refractivity contribution < 1.29 is 0 Å². The molecule has 0 atom stereocenters. The second-order valence-electron chi connectivity index (χ2n) is 7.04. The lowest BCUT2D eigenvalue weighted by Gasteiger charge is -2.17. The van der Waals surface area contributed by atoms with Crippen LogP contribution in [0.25, 0.3) is 53.9 Å². The Hall–Kier alpha value is -3.12. The minimum Gasteiger partial charge on any atom is -0.0616 e. The molecule has 0 bridgehead atoms. The van der Waals surface area contributed by atoms with Crippen LogP contribution in [0.2, 0.25) is 0 Å². The summed E-state index contributed by atoms with van der Waals surface area (Å²) in [5.41, 5.74) is 1.35. The molecule has 0 saturated carbocycles. The molecule has 25 heavy (non-hydrogen) atoms. The maximum absolute atomic E-state index is 2.34. The molecule has 0 fully saturated rings. The normalized spacial score (nSPS) is 12.2. The Morgan fingerprint density at radius 2 is 1.12 bits per heavy atom. The number of fused-ring (bicyclic) bond motifs is 5. The molecule has 0 heterocycles. The lowest BCUT2D eigenvalue weighted by molar-refractivity contribution is 1.55. The second kappa shape index (κ2) is 4.49. The molecule has 116 valence electrons. The Kier molecular flexibility index (Phi) is 2.37. The van der Waals surface area contributed by atoms with Gasteiger partial charge in [0.2, 0.25) is 0 Å². The number of benzene rings is 6. The highest BCUT2D eigenvalue weighted by molar-refractivity contribution is 6.39. The van der Waals surface area contributed by atoms with Gasteiger partial charge in [-0.1, -0.05) is 72.8 Å². The summed E-state index contributed by atoms with van der Waals surface area (Å²) >= 11 is 0. The van der Waals surface area contributed by atoms with Gasteiger partial charge >= 0.3 is 0 Å². The monoisotopic (exact) mass is 316 g/mol. The average Bonchev–Trinajstić information content (AvgIpc) is 2.66. The summed E-state index contributed by atoms with van der Waals surface area (Å²) in [5.74, 6) is 0. The van der Waals surface area contributed by atoms with Crippen molar-refractivity contribution in [1.82, 2.24) is 0 Å². The molecular weight excluding hydrogens is 300 g/mol. The molecule has 0 aromatic heterocycles. The molecule has 6 rings (SSSR count). The van der Waals surface area contributed by atoms with Crippen LogP contribution in [0.15, 0.2) is 78.9 Å². The largest absolute Gasteiger partial charge is 0.0616 e. The molecular formula is C25H16. The molecule has 0 aliphatic heterocycles. The fraction of sp³-hybridized carbons (Fsp3) is 0.0400. The maximum Gasteiger partial charge on any atom is -0.00114 e. The lowest BCUT2D eigenvalue weighted by Crippen LogP contribution is -1.90. The zero-order valence-electron chi connectivity index (χ0n) is 14.0. The molecule has 0 unspecified atom stereocenters. The van der Waals surface area contributed by atoms with Gasteiger partial charge in [0.05, 0.1) is 0 Å². The number of rotatable bonds is 0. The lowest BCUT2D eigenvalue weighted by atomic mass is 9.85. The molecule has 0 N–H and O–H groups in total. The highest BCUT2D eigenvalue weighted by atomic mass is 14.2. The van der Waals surface area contributed by atoms with Gasteiger partial charge in [-0.3, -0.25) is 0 Å². The summed E-state index contributed by atoms with van der Waals surface area (Å²) in [6.07, 6.45) is 0. The second-order valence-corrected chi connectivity index (χ2v) is 7.04. The topological polar surface area (TPSA) is 0 Å². The summed E-state index contributed by atoms with van der Waals surface area (Å²) in [4.78, 5) is 0. The number of aryl methyl sites for hydroxylation is 1. The highest BCUT2D eigenvalue weighted by Crippen LogP contribution is 2.44. The van der Waals surface area contributed by atoms with Crippen LogP contribution in [0.5, 0.6) is 0 Å². The van der Waals surface area contributed by atoms with Crippen molar-refractivity contribution in [3.63, 3.8) is 0 Å². The van der Waals surface area contributed by atoms with E-state index in [1.807, 2.05) is 0 Å². The van der Waals surface area contributed by atoms with E-state index in [0.717, 1.165) is 0 Å². The van der Waals surface area contributed by atoms with Gasteiger partial charge < -0.3 is 0 Å². The van der Waals surface area contributed by atoms with Crippen molar-refractivity contribution >= 4 is 53.9 Å². The van der Waals surface area contributed by atoms with Gasteiger partial charge in [0.25, 0.3) is 0 Å². The maximum atomic E-state index is 2.34. The summed E-state index contributed by atoms with van der Waals surface area (Å²) in [7, 11) is 0. The van der Waals surface area contributed by atoms with E-state index in [9.17, 15) is 0 Å². The summed E-state index contributed by atoms with van der Waals surface area (Å²) in [6.45, 7) is 2.24. The van der Waals surface area contributed by atoms with Gasteiger partial charge in [-0.2, -0.15) is 0 Å². The van der Waals surface area contributed by atoms with E-state index < -0.39 is 0 Å². The van der Waals surface area contributed by atoms with Crippen LogP contribution in [0, 0.1) is 6.92 Å². The first-order valence-electron chi connectivity index (χ1n) is 8.80. The zero-order chi connectivity index (χ0) is 16.5.